The first kappa shape index (κ1) is 20.3. The van der Waals surface area contributed by atoms with Crippen molar-refractivity contribution in [2.75, 3.05) is 0 Å². The predicted molar refractivity (Wildman–Crippen MR) is 111 cm³/mol. The van der Waals surface area contributed by atoms with Crippen LogP contribution in [0.3, 0.4) is 0 Å². The van der Waals surface area contributed by atoms with Crippen LogP contribution in [0.5, 0.6) is 0 Å². The number of allylic oxidation sites excluding steroid dienone is 4. The molecule has 0 aliphatic rings. The van der Waals surface area contributed by atoms with E-state index in [2.05, 4.69) is 57.1 Å². The van der Waals surface area contributed by atoms with Crippen molar-refractivity contribution in [3.05, 3.63) is 96.4 Å². The average molecular weight is 332 g/mol. The molecule has 2 aromatic rings. The minimum atomic E-state index is 0.874. The summed E-state index contributed by atoms with van der Waals surface area (Å²) < 4.78 is 0. The van der Waals surface area contributed by atoms with Crippen molar-refractivity contribution in [1.29, 1.82) is 0 Å². The first-order valence-corrected chi connectivity index (χ1v) is 8.49. The lowest BCUT2D eigenvalue weighted by molar-refractivity contribution is 1.20. The number of aryl methyl sites for hydroxylation is 3. The Kier molecular flexibility index (Phi) is 8.87. The smallest absolute Gasteiger partial charge is 0.0664 e. The van der Waals surface area contributed by atoms with E-state index in [9.17, 15) is 0 Å². The Morgan fingerprint density at radius 2 is 1.88 bits per heavy atom. The van der Waals surface area contributed by atoms with E-state index >= 15 is 0 Å². The van der Waals surface area contributed by atoms with Crippen LogP contribution in [0.15, 0.2) is 84.5 Å². The van der Waals surface area contributed by atoms with Crippen LogP contribution in [-0.4, -0.2) is 10.7 Å². The van der Waals surface area contributed by atoms with Crippen LogP contribution in [0.25, 0.3) is 0 Å². The lowest BCUT2D eigenvalue weighted by atomic mass is 10.1. The summed E-state index contributed by atoms with van der Waals surface area (Å²) in [4.78, 5) is 8.74. The second-order valence-corrected chi connectivity index (χ2v) is 5.73. The van der Waals surface area contributed by atoms with E-state index in [1.807, 2.05) is 37.3 Å². The normalized spacial score (nSPS) is 11.4. The third kappa shape index (κ3) is 7.13. The van der Waals surface area contributed by atoms with Crippen LogP contribution in [0.4, 0.5) is 5.69 Å². The van der Waals surface area contributed by atoms with E-state index in [1.165, 1.54) is 11.1 Å². The number of benzene rings is 1. The molecule has 2 heteroatoms. The molecule has 0 bridgehead atoms. The van der Waals surface area contributed by atoms with Crippen molar-refractivity contribution in [2.24, 2.45) is 4.99 Å². The Morgan fingerprint density at radius 3 is 2.36 bits per heavy atom. The maximum Gasteiger partial charge on any atom is 0.0664 e. The SMILES string of the molecule is C=C/C=C(\C=C)C(CC)=Nc1cc(C)ccc1C.Cc1ccccn1. The standard InChI is InChI=1S/C17H21N.C6H7N/c1-6-9-15(7-2)16(8-3)18-17-12-13(4)10-11-14(17)5;1-6-4-2-3-5-7-6/h6-7,9-12H,1-2,8H2,3-5H3;2-5H,1H3/b15-9+,18-16?;. The molecule has 0 aliphatic heterocycles. The number of rotatable bonds is 5. The monoisotopic (exact) mass is 332 g/mol. The third-order valence-corrected chi connectivity index (χ3v) is 3.62. The van der Waals surface area contributed by atoms with E-state index in [4.69, 9.17) is 4.99 Å². The average Bonchev–Trinajstić information content (AvgIpc) is 2.62. The molecular formula is C23H28N2. The van der Waals surface area contributed by atoms with Crippen molar-refractivity contribution < 1.29 is 0 Å². The summed E-state index contributed by atoms with van der Waals surface area (Å²) >= 11 is 0. The molecule has 1 aromatic heterocycles. The number of hydrogen-bond acceptors (Lipinski definition) is 2. The zero-order chi connectivity index (χ0) is 18.7. The van der Waals surface area contributed by atoms with Gasteiger partial charge in [0.05, 0.1) is 5.69 Å². The molecule has 0 radical (unpaired) electrons. The molecule has 0 unspecified atom stereocenters. The summed E-state index contributed by atoms with van der Waals surface area (Å²) in [5, 5.41) is 0. The van der Waals surface area contributed by atoms with Gasteiger partial charge in [-0.05, 0) is 62.1 Å². The minimum absolute atomic E-state index is 0.874. The van der Waals surface area contributed by atoms with Gasteiger partial charge in [0.2, 0.25) is 0 Å². The maximum atomic E-state index is 4.76. The number of aliphatic imine (C=N–C) groups is 1. The lowest BCUT2D eigenvalue weighted by Gasteiger charge is -2.07. The zero-order valence-electron chi connectivity index (χ0n) is 15.8. The first-order chi connectivity index (χ1) is 12.0. The summed E-state index contributed by atoms with van der Waals surface area (Å²) in [5.74, 6) is 0. The second-order valence-electron chi connectivity index (χ2n) is 5.73. The van der Waals surface area contributed by atoms with E-state index < -0.39 is 0 Å². The van der Waals surface area contributed by atoms with Crippen LogP contribution in [0, 0.1) is 20.8 Å². The van der Waals surface area contributed by atoms with Gasteiger partial charge < -0.3 is 0 Å². The molecule has 0 spiro atoms. The second kappa shape index (κ2) is 10.9. The van der Waals surface area contributed by atoms with Gasteiger partial charge in [-0.1, -0.05) is 56.5 Å². The molecule has 130 valence electrons. The van der Waals surface area contributed by atoms with Gasteiger partial charge in [0.1, 0.15) is 0 Å². The Morgan fingerprint density at radius 1 is 1.12 bits per heavy atom. The fourth-order valence-corrected chi connectivity index (χ4v) is 2.19. The molecule has 0 N–H and O–H groups in total. The van der Waals surface area contributed by atoms with Gasteiger partial charge in [-0.15, -0.1) is 0 Å². The van der Waals surface area contributed by atoms with Gasteiger partial charge in [0.15, 0.2) is 0 Å². The van der Waals surface area contributed by atoms with Crippen LogP contribution in [0.2, 0.25) is 0 Å². The van der Waals surface area contributed by atoms with Crippen molar-refractivity contribution in [1.82, 2.24) is 4.98 Å². The fourth-order valence-electron chi connectivity index (χ4n) is 2.19. The topological polar surface area (TPSA) is 25.2 Å². The highest BCUT2D eigenvalue weighted by Crippen LogP contribution is 2.22. The van der Waals surface area contributed by atoms with Gasteiger partial charge in [0.25, 0.3) is 0 Å². The van der Waals surface area contributed by atoms with E-state index in [-0.39, 0.29) is 0 Å². The predicted octanol–water partition coefficient (Wildman–Crippen LogP) is 6.47. The molecule has 2 nitrogen and oxygen atoms in total. The highest BCUT2D eigenvalue weighted by Gasteiger charge is 2.03. The molecule has 0 fully saturated rings. The van der Waals surface area contributed by atoms with E-state index in [0.717, 1.165) is 29.1 Å². The van der Waals surface area contributed by atoms with Gasteiger partial charge >= 0.3 is 0 Å². The molecule has 1 aromatic carbocycles. The molecule has 0 saturated heterocycles. The lowest BCUT2D eigenvalue weighted by Crippen LogP contribution is -1.98. The fraction of sp³-hybridized carbons (Fsp3) is 0.217. The molecule has 0 amide bonds. The first-order valence-electron chi connectivity index (χ1n) is 8.49. The molecule has 1 heterocycles. The highest BCUT2D eigenvalue weighted by atomic mass is 14.8. The Hall–Kier alpha value is -2.74. The molecule has 0 saturated carbocycles. The van der Waals surface area contributed by atoms with Crippen LogP contribution < -0.4 is 0 Å². The quantitative estimate of drug-likeness (QED) is 0.455. The number of pyridine rings is 1. The molecule has 0 atom stereocenters. The number of nitrogens with zero attached hydrogens (tertiary/aromatic N) is 2. The van der Waals surface area contributed by atoms with Gasteiger partial charge in [0, 0.05) is 17.6 Å². The van der Waals surface area contributed by atoms with Gasteiger partial charge in [-0.3, -0.25) is 9.98 Å². The zero-order valence-corrected chi connectivity index (χ0v) is 15.8. The van der Waals surface area contributed by atoms with Gasteiger partial charge in [-0.2, -0.15) is 0 Å². The maximum absolute atomic E-state index is 4.76. The summed E-state index contributed by atoms with van der Waals surface area (Å²) in [6.45, 7) is 15.8. The summed E-state index contributed by atoms with van der Waals surface area (Å²) in [5.41, 5.74) is 6.59. The number of aromatic nitrogens is 1. The van der Waals surface area contributed by atoms with Crippen LogP contribution in [0.1, 0.15) is 30.2 Å². The number of hydrogen-bond donors (Lipinski definition) is 0. The van der Waals surface area contributed by atoms with Gasteiger partial charge in [-0.25, -0.2) is 0 Å². The third-order valence-electron chi connectivity index (χ3n) is 3.62. The van der Waals surface area contributed by atoms with Crippen LogP contribution >= 0.6 is 0 Å². The van der Waals surface area contributed by atoms with Crippen molar-refractivity contribution in [3.63, 3.8) is 0 Å². The van der Waals surface area contributed by atoms with Crippen molar-refractivity contribution >= 4 is 11.4 Å². The van der Waals surface area contributed by atoms with E-state index in [0.29, 0.717) is 0 Å². The Balaban J connectivity index is 0.000000370. The molecule has 25 heavy (non-hydrogen) atoms. The molecule has 2 rings (SSSR count). The Labute approximate surface area is 152 Å². The summed E-state index contributed by atoms with van der Waals surface area (Å²) in [6.07, 6.45) is 8.20. The van der Waals surface area contributed by atoms with E-state index in [1.54, 1.807) is 12.3 Å². The molecular weight excluding hydrogens is 304 g/mol. The largest absolute Gasteiger partial charge is 0.262 e. The minimum Gasteiger partial charge on any atom is -0.262 e. The van der Waals surface area contributed by atoms with Crippen molar-refractivity contribution in [3.8, 4) is 0 Å². The Bertz CT molecular complexity index is 753. The van der Waals surface area contributed by atoms with Crippen LogP contribution in [-0.2, 0) is 0 Å². The van der Waals surface area contributed by atoms with Crippen molar-refractivity contribution in [2.45, 2.75) is 34.1 Å². The summed E-state index contributed by atoms with van der Waals surface area (Å²) in [7, 11) is 0. The molecule has 0 aliphatic carbocycles. The summed E-state index contributed by atoms with van der Waals surface area (Å²) in [6, 6.07) is 12.2. The highest BCUT2D eigenvalue weighted by molar-refractivity contribution is 6.04.